The van der Waals surface area contributed by atoms with E-state index in [1.165, 1.54) is 44.4 Å². The zero-order valence-electron chi connectivity index (χ0n) is 22.1. The van der Waals surface area contributed by atoms with Crippen LogP contribution in [0.4, 0.5) is 9.52 Å². The maximum atomic E-state index is 14.0. The van der Waals surface area contributed by atoms with Gasteiger partial charge in [-0.3, -0.25) is 14.5 Å². The zero-order valence-corrected chi connectivity index (χ0v) is 22.9. The van der Waals surface area contributed by atoms with Gasteiger partial charge in [0, 0.05) is 5.56 Å². The Hall–Kier alpha value is -4.84. The molecule has 3 aromatic carbocycles. The van der Waals surface area contributed by atoms with Crippen LogP contribution in [0.25, 0.3) is 16.0 Å². The molecular weight excluding hydrogens is 555 g/mol. The third-order valence-corrected chi connectivity index (χ3v) is 7.83. The summed E-state index contributed by atoms with van der Waals surface area (Å²) in [5.41, 5.74) is 0.884. The Morgan fingerprint density at radius 3 is 2.37 bits per heavy atom. The predicted molar refractivity (Wildman–Crippen MR) is 148 cm³/mol. The van der Waals surface area contributed by atoms with Crippen molar-refractivity contribution in [2.45, 2.75) is 6.04 Å². The first-order valence-corrected chi connectivity index (χ1v) is 13.2. The highest BCUT2D eigenvalue weighted by molar-refractivity contribution is 7.22. The summed E-state index contributed by atoms with van der Waals surface area (Å²) < 4.78 is 42.2. The van der Waals surface area contributed by atoms with Gasteiger partial charge in [0.05, 0.1) is 43.2 Å². The Morgan fingerprint density at radius 2 is 1.68 bits per heavy atom. The third kappa shape index (κ3) is 4.36. The van der Waals surface area contributed by atoms with Gasteiger partial charge in [-0.1, -0.05) is 11.3 Å². The number of methoxy groups -OCH3 is 3. The molecule has 0 spiro atoms. The van der Waals surface area contributed by atoms with Crippen LogP contribution in [0, 0.1) is 5.82 Å². The van der Waals surface area contributed by atoms with Crippen LogP contribution in [-0.2, 0) is 9.59 Å². The number of thiazole rings is 1. The zero-order chi connectivity index (χ0) is 28.8. The third-order valence-electron chi connectivity index (χ3n) is 6.81. The number of aliphatic hydroxyl groups excluding tert-OH is 1. The summed E-state index contributed by atoms with van der Waals surface area (Å²) >= 11 is 1.04. The molecule has 210 valence electrons. The number of carbonyl (C=O) groups is 2. The van der Waals surface area contributed by atoms with E-state index in [1.54, 1.807) is 30.3 Å². The number of benzene rings is 3. The molecule has 0 aliphatic carbocycles. The summed E-state index contributed by atoms with van der Waals surface area (Å²) in [6, 6.07) is 10.8. The van der Waals surface area contributed by atoms with Crippen molar-refractivity contribution in [2.24, 2.45) is 0 Å². The van der Waals surface area contributed by atoms with Crippen LogP contribution < -0.4 is 28.6 Å². The first-order valence-electron chi connectivity index (χ1n) is 12.4. The van der Waals surface area contributed by atoms with Gasteiger partial charge in [-0.15, -0.1) is 0 Å². The van der Waals surface area contributed by atoms with Crippen molar-refractivity contribution in [1.82, 2.24) is 4.98 Å². The highest BCUT2D eigenvalue weighted by Crippen LogP contribution is 2.48. The molecule has 0 radical (unpaired) electrons. The van der Waals surface area contributed by atoms with Crippen LogP contribution in [0.5, 0.6) is 28.7 Å². The van der Waals surface area contributed by atoms with Crippen LogP contribution >= 0.6 is 11.3 Å². The van der Waals surface area contributed by atoms with E-state index in [1.807, 2.05) is 0 Å². The summed E-state index contributed by atoms with van der Waals surface area (Å²) in [5.74, 6) is -0.982. The van der Waals surface area contributed by atoms with E-state index >= 15 is 0 Å². The van der Waals surface area contributed by atoms with Crippen LogP contribution in [-0.4, -0.2) is 56.3 Å². The van der Waals surface area contributed by atoms with E-state index in [4.69, 9.17) is 23.7 Å². The van der Waals surface area contributed by atoms with Crippen molar-refractivity contribution >= 4 is 44.1 Å². The fourth-order valence-corrected chi connectivity index (χ4v) is 5.96. The maximum absolute atomic E-state index is 14.0. The molecule has 1 atom stereocenters. The van der Waals surface area contributed by atoms with E-state index in [0.717, 1.165) is 11.3 Å². The lowest BCUT2D eigenvalue weighted by Crippen LogP contribution is -2.29. The van der Waals surface area contributed by atoms with Gasteiger partial charge >= 0.3 is 5.91 Å². The number of Topliss-reactive ketones (excluding diaryl/α,β-unsaturated/α-hetero) is 1. The minimum atomic E-state index is -1.15. The van der Waals surface area contributed by atoms with E-state index in [9.17, 15) is 19.1 Å². The molecule has 2 aliphatic heterocycles. The quantitative estimate of drug-likeness (QED) is 0.195. The second-order valence-corrected chi connectivity index (χ2v) is 10.1. The van der Waals surface area contributed by atoms with Crippen molar-refractivity contribution < 1.29 is 42.8 Å². The number of hydrogen-bond acceptors (Lipinski definition) is 10. The number of anilines is 1. The normalized spacial score (nSPS) is 17.7. The van der Waals surface area contributed by atoms with Gasteiger partial charge in [0.25, 0.3) is 5.78 Å². The van der Waals surface area contributed by atoms with Gasteiger partial charge in [0.15, 0.2) is 28.1 Å². The van der Waals surface area contributed by atoms with E-state index in [0.29, 0.717) is 46.2 Å². The molecule has 1 fully saturated rings. The molecule has 10 nitrogen and oxygen atoms in total. The Labute approximate surface area is 237 Å². The molecule has 0 bridgehead atoms. The molecule has 0 saturated carbocycles. The molecular formula is C29H23FN2O8S. The lowest BCUT2D eigenvalue weighted by molar-refractivity contribution is -0.132. The fraction of sp³-hybridized carbons (Fsp3) is 0.207. The maximum Gasteiger partial charge on any atom is 0.301 e. The Morgan fingerprint density at radius 1 is 0.976 bits per heavy atom. The minimum Gasteiger partial charge on any atom is -0.507 e. The van der Waals surface area contributed by atoms with Crippen molar-refractivity contribution in [3.63, 3.8) is 0 Å². The molecule has 1 amide bonds. The average Bonchev–Trinajstić information content (AvgIpc) is 3.52. The highest BCUT2D eigenvalue weighted by Gasteiger charge is 2.48. The summed E-state index contributed by atoms with van der Waals surface area (Å²) in [5, 5.41) is 11.7. The Bertz CT molecular complexity index is 1730. The first-order chi connectivity index (χ1) is 19.8. The van der Waals surface area contributed by atoms with Crippen molar-refractivity contribution in [2.75, 3.05) is 39.4 Å². The van der Waals surface area contributed by atoms with E-state index < -0.39 is 29.3 Å². The van der Waals surface area contributed by atoms with Crippen LogP contribution in [0.1, 0.15) is 17.2 Å². The lowest BCUT2D eigenvalue weighted by Gasteiger charge is -2.25. The van der Waals surface area contributed by atoms with Gasteiger partial charge in [0.1, 0.15) is 24.8 Å². The van der Waals surface area contributed by atoms with Crippen LogP contribution in [0.2, 0.25) is 0 Å². The number of hydrogen-bond donors (Lipinski definition) is 1. The molecule has 3 heterocycles. The summed E-state index contributed by atoms with van der Waals surface area (Å²) in [4.78, 5) is 33.0. The van der Waals surface area contributed by atoms with E-state index in [-0.39, 0.29) is 27.8 Å². The number of carbonyl (C=O) groups excluding carboxylic acids is 2. The van der Waals surface area contributed by atoms with Crippen molar-refractivity contribution in [3.8, 4) is 28.7 Å². The molecule has 1 N–H and O–H groups in total. The smallest absolute Gasteiger partial charge is 0.301 e. The summed E-state index contributed by atoms with van der Waals surface area (Å²) in [6.45, 7) is 0.710. The number of aromatic nitrogens is 1. The van der Waals surface area contributed by atoms with Crippen LogP contribution in [0.3, 0.4) is 0 Å². The van der Waals surface area contributed by atoms with Gasteiger partial charge < -0.3 is 28.8 Å². The predicted octanol–water partition coefficient (Wildman–Crippen LogP) is 4.86. The number of fused-ring (bicyclic) bond motifs is 2. The number of ketones is 1. The number of rotatable bonds is 6. The SMILES string of the molecule is COc1cc(C2C(=C(O)c3ccc4c(c3)OCCO4)C(=O)C(=O)N2c2nc3ccc(F)cc3s2)cc(OC)c1OC. The van der Waals surface area contributed by atoms with E-state index in [2.05, 4.69) is 4.98 Å². The molecule has 6 rings (SSSR count). The highest BCUT2D eigenvalue weighted by atomic mass is 32.1. The Kier molecular flexibility index (Phi) is 6.62. The van der Waals surface area contributed by atoms with Gasteiger partial charge in [0.2, 0.25) is 5.75 Å². The molecule has 1 aromatic heterocycles. The molecule has 12 heteroatoms. The second kappa shape index (κ2) is 10.3. The fourth-order valence-electron chi connectivity index (χ4n) is 4.94. The second-order valence-electron chi connectivity index (χ2n) is 9.09. The van der Waals surface area contributed by atoms with Crippen molar-refractivity contribution in [1.29, 1.82) is 0 Å². The van der Waals surface area contributed by atoms with Crippen molar-refractivity contribution in [3.05, 3.63) is 71.0 Å². The number of aliphatic hydroxyl groups is 1. The van der Waals surface area contributed by atoms with Gasteiger partial charge in [-0.2, -0.15) is 0 Å². The molecule has 1 saturated heterocycles. The Balaban J connectivity index is 1.59. The minimum absolute atomic E-state index is 0.146. The number of amides is 1. The average molecular weight is 579 g/mol. The summed E-state index contributed by atoms with van der Waals surface area (Å²) in [7, 11) is 4.33. The van der Waals surface area contributed by atoms with Gasteiger partial charge in [-0.25, -0.2) is 9.37 Å². The van der Waals surface area contributed by atoms with Crippen LogP contribution in [0.15, 0.2) is 54.1 Å². The topological polar surface area (TPSA) is 117 Å². The standard InChI is InChI=1S/C29H23FN2O8S/c1-36-20-11-15(12-21(37-2)27(20)38-3)24-23(25(33)14-4-7-18-19(10-14)40-9-8-39-18)26(34)28(35)32(24)29-31-17-6-5-16(30)13-22(17)41-29/h4-7,10-13,24,33H,8-9H2,1-3H3. The van der Waals surface area contributed by atoms with Gasteiger partial charge in [-0.05, 0) is 54.1 Å². The number of nitrogens with zero attached hydrogens (tertiary/aromatic N) is 2. The number of ether oxygens (including phenoxy) is 5. The monoisotopic (exact) mass is 578 g/mol. The first kappa shape index (κ1) is 26.4. The molecule has 4 aromatic rings. The molecule has 1 unspecified atom stereocenters. The summed E-state index contributed by atoms with van der Waals surface area (Å²) in [6.07, 6.45) is 0. The lowest BCUT2D eigenvalue weighted by atomic mass is 9.94. The molecule has 2 aliphatic rings. The largest absolute Gasteiger partial charge is 0.507 e. The molecule has 41 heavy (non-hydrogen) atoms. The number of halogens is 1.